The first-order chi connectivity index (χ1) is 12.3. The number of benzene rings is 1. The molecule has 1 heterocycles. The standard InChI is InChI=1S/C18H27N3O4S/c1-4-20(5-2)18(23)14-19-9-11-21(12-10-19)26(24,25)17-8-6-7-16(13-17)15(3)22/h6-8,13H,4-5,9-12,14H2,1-3H3. The minimum Gasteiger partial charge on any atom is -0.342 e. The molecule has 0 bridgehead atoms. The molecule has 0 unspecified atom stereocenters. The van der Waals surface area contributed by atoms with Crippen molar-refractivity contribution in [2.75, 3.05) is 45.8 Å². The van der Waals surface area contributed by atoms with E-state index in [4.69, 9.17) is 0 Å². The number of carbonyl (C=O) groups is 2. The van der Waals surface area contributed by atoms with E-state index < -0.39 is 10.0 Å². The Hall–Kier alpha value is -1.77. The van der Waals surface area contributed by atoms with Gasteiger partial charge in [0.2, 0.25) is 15.9 Å². The van der Waals surface area contributed by atoms with Gasteiger partial charge in [-0.25, -0.2) is 8.42 Å². The van der Waals surface area contributed by atoms with Crippen molar-refractivity contribution in [2.45, 2.75) is 25.7 Å². The van der Waals surface area contributed by atoms with E-state index >= 15 is 0 Å². The molecular formula is C18H27N3O4S. The van der Waals surface area contributed by atoms with Crippen LogP contribution in [0.3, 0.4) is 0 Å². The second-order valence-electron chi connectivity index (χ2n) is 6.33. The van der Waals surface area contributed by atoms with Crippen molar-refractivity contribution in [3.63, 3.8) is 0 Å². The third-order valence-electron chi connectivity index (χ3n) is 4.68. The number of amides is 1. The van der Waals surface area contributed by atoms with Gasteiger partial charge in [-0.1, -0.05) is 12.1 Å². The van der Waals surface area contributed by atoms with Gasteiger partial charge in [-0.15, -0.1) is 0 Å². The predicted molar refractivity (Wildman–Crippen MR) is 99.6 cm³/mol. The number of sulfonamides is 1. The molecule has 7 nitrogen and oxygen atoms in total. The number of hydrogen-bond donors (Lipinski definition) is 0. The Balaban J connectivity index is 2.01. The molecule has 8 heteroatoms. The molecule has 1 aromatic carbocycles. The largest absolute Gasteiger partial charge is 0.342 e. The normalized spacial score (nSPS) is 16.4. The molecule has 0 N–H and O–H groups in total. The Labute approximate surface area is 155 Å². The topological polar surface area (TPSA) is 78.0 Å². The molecular weight excluding hydrogens is 354 g/mol. The quantitative estimate of drug-likeness (QED) is 0.660. The van der Waals surface area contributed by atoms with Gasteiger partial charge < -0.3 is 4.90 Å². The maximum absolute atomic E-state index is 12.8. The number of ketones is 1. The molecule has 26 heavy (non-hydrogen) atoms. The van der Waals surface area contributed by atoms with Gasteiger partial charge in [0.25, 0.3) is 0 Å². The minimum atomic E-state index is -3.64. The molecule has 0 aromatic heterocycles. The van der Waals surface area contributed by atoms with Crippen molar-refractivity contribution < 1.29 is 18.0 Å². The van der Waals surface area contributed by atoms with Gasteiger partial charge in [-0.3, -0.25) is 14.5 Å². The van der Waals surface area contributed by atoms with Gasteiger partial charge in [0, 0.05) is 44.8 Å². The molecule has 1 fully saturated rings. The first-order valence-corrected chi connectivity index (χ1v) is 10.3. The first kappa shape index (κ1) is 20.5. The molecule has 0 radical (unpaired) electrons. The zero-order valence-corrected chi connectivity index (χ0v) is 16.5. The maximum Gasteiger partial charge on any atom is 0.243 e. The first-order valence-electron chi connectivity index (χ1n) is 8.90. The van der Waals surface area contributed by atoms with E-state index in [2.05, 4.69) is 0 Å². The fraction of sp³-hybridized carbons (Fsp3) is 0.556. The monoisotopic (exact) mass is 381 g/mol. The number of nitrogens with zero attached hydrogens (tertiary/aromatic N) is 3. The maximum atomic E-state index is 12.8. The molecule has 1 saturated heterocycles. The third-order valence-corrected chi connectivity index (χ3v) is 6.58. The SMILES string of the molecule is CCN(CC)C(=O)CN1CCN(S(=O)(=O)c2cccc(C(C)=O)c2)CC1. The molecule has 1 aliphatic heterocycles. The Morgan fingerprint density at radius 2 is 1.69 bits per heavy atom. The summed E-state index contributed by atoms with van der Waals surface area (Å²) >= 11 is 0. The van der Waals surface area contributed by atoms with Crippen LogP contribution in [-0.4, -0.2) is 80.0 Å². The van der Waals surface area contributed by atoms with Crippen molar-refractivity contribution in [3.8, 4) is 0 Å². The van der Waals surface area contributed by atoms with Crippen LogP contribution < -0.4 is 0 Å². The van der Waals surface area contributed by atoms with Gasteiger partial charge >= 0.3 is 0 Å². The predicted octanol–water partition coefficient (Wildman–Crippen LogP) is 1.06. The third kappa shape index (κ3) is 4.69. The van der Waals surface area contributed by atoms with Crippen LogP contribution in [0.2, 0.25) is 0 Å². The second-order valence-corrected chi connectivity index (χ2v) is 8.27. The fourth-order valence-corrected chi connectivity index (χ4v) is 4.49. The van der Waals surface area contributed by atoms with Gasteiger partial charge in [0.1, 0.15) is 0 Å². The highest BCUT2D eigenvalue weighted by Gasteiger charge is 2.29. The smallest absolute Gasteiger partial charge is 0.243 e. The minimum absolute atomic E-state index is 0.0699. The van der Waals surface area contributed by atoms with Crippen LogP contribution in [0.25, 0.3) is 0 Å². The van der Waals surface area contributed by atoms with E-state index in [0.29, 0.717) is 51.4 Å². The van der Waals surface area contributed by atoms with E-state index in [1.165, 1.54) is 23.4 Å². The lowest BCUT2D eigenvalue weighted by Gasteiger charge is -2.34. The Morgan fingerprint density at radius 3 is 2.23 bits per heavy atom. The lowest BCUT2D eigenvalue weighted by Crippen LogP contribution is -2.51. The molecule has 0 saturated carbocycles. The summed E-state index contributed by atoms with van der Waals surface area (Å²) in [6.45, 7) is 8.66. The van der Waals surface area contributed by atoms with Crippen LogP contribution in [0.1, 0.15) is 31.1 Å². The van der Waals surface area contributed by atoms with E-state index in [1.54, 1.807) is 17.0 Å². The lowest BCUT2D eigenvalue weighted by molar-refractivity contribution is -0.132. The molecule has 2 rings (SSSR count). The number of carbonyl (C=O) groups excluding carboxylic acids is 2. The highest BCUT2D eigenvalue weighted by atomic mass is 32.2. The molecule has 1 amide bonds. The summed E-state index contributed by atoms with van der Waals surface area (Å²) in [5, 5.41) is 0. The van der Waals surface area contributed by atoms with Crippen LogP contribution in [0.15, 0.2) is 29.2 Å². The van der Waals surface area contributed by atoms with Crippen molar-refractivity contribution in [1.82, 2.24) is 14.1 Å². The van der Waals surface area contributed by atoms with Gasteiger partial charge in [-0.05, 0) is 32.9 Å². The number of likely N-dealkylation sites (N-methyl/N-ethyl adjacent to an activating group) is 1. The molecule has 0 spiro atoms. The van der Waals surface area contributed by atoms with E-state index in [9.17, 15) is 18.0 Å². The Morgan fingerprint density at radius 1 is 1.08 bits per heavy atom. The fourth-order valence-electron chi connectivity index (χ4n) is 3.02. The summed E-state index contributed by atoms with van der Waals surface area (Å²) in [6.07, 6.45) is 0. The summed E-state index contributed by atoms with van der Waals surface area (Å²) < 4.78 is 27.0. The van der Waals surface area contributed by atoms with Crippen LogP contribution in [0.5, 0.6) is 0 Å². The average Bonchev–Trinajstić information content (AvgIpc) is 2.63. The summed E-state index contributed by atoms with van der Waals surface area (Å²) in [5.41, 5.74) is 0.384. The number of hydrogen-bond acceptors (Lipinski definition) is 5. The van der Waals surface area contributed by atoms with Crippen molar-refractivity contribution in [1.29, 1.82) is 0 Å². The highest BCUT2D eigenvalue weighted by Crippen LogP contribution is 2.19. The zero-order valence-electron chi connectivity index (χ0n) is 15.6. The van der Waals surface area contributed by atoms with Crippen LogP contribution in [0.4, 0.5) is 0 Å². The Bertz CT molecular complexity index is 751. The summed E-state index contributed by atoms with van der Waals surface area (Å²) in [6, 6.07) is 6.13. The van der Waals surface area contributed by atoms with Gasteiger partial charge in [0.05, 0.1) is 11.4 Å². The lowest BCUT2D eigenvalue weighted by atomic mass is 10.2. The van der Waals surface area contributed by atoms with E-state index in [1.807, 2.05) is 18.7 Å². The van der Waals surface area contributed by atoms with E-state index in [-0.39, 0.29) is 16.6 Å². The van der Waals surface area contributed by atoms with Crippen LogP contribution >= 0.6 is 0 Å². The second kappa shape index (κ2) is 8.75. The van der Waals surface area contributed by atoms with Crippen LogP contribution in [-0.2, 0) is 14.8 Å². The summed E-state index contributed by atoms with van der Waals surface area (Å²) in [7, 11) is -3.64. The van der Waals surface area contributed by atoms with Crippen LogP contribution in [0, 0.1) is 0 Å². The average molecular weight is 381 g/mol. The van der Waals surface area contributed by atoms with Gasteiger partial charge in [0.15, 0.2) is 5.78 Å². The summed E-state index contributed by atoms with van der Waals surface area (Å²) in [4.78, 5) is 27.6. The molecule has 0 aliphatic carbocycles. The molecule has 0 atom stereocenters. The molecule has 1 aliphatic rings. The number of Topliss-reactive ketones (excluding diaryl/α,β-unsaturated/α-hetero) is 1. The number of rotatable bonds is 7. The van der Waals surface area contributed by atoms with E-state index in [0.717, 1.165) is 0 Å². The number of piperazine rings is 1. The Kier molecular flexibility index (Phi) is 6.91. The zero-order chi connectivity index (χ0) is 19.3. The van der Waals surface area contributed by atoms with Crippen molar-refractivity contribution >= 4 is 21.7 Å². The van der Waals surface area contributed by atoms with Gasteiger partial charge in [-0.2, -0.15) is 4.31 Å². The molecule has 1 aromatic rings. The van der Waals surface area contributed by atoms with Crippen molar-refractivity contribution in [3.05, 3.63) is 29.8 Å². The molecule has 144 valence electrons. The van der Waals surface area contributed by atoms with Crippen molar-refractivity contribution in [2.24, 2.45) is 0 Å². The summed E-state index contributed by atoms with van der Waals surface area (Å²) in [5.74, 6) is -0.0951. The highest BCUT2D eigenvalue weighted by molar-refractivity contribution is 7.89.